The van der Waals surface area contributed by atoms with Crippen molar-refractivity contribution in [3.63, 3.8) is 0 Å². The zero-order chi connectivity index (χ0) is 13.7. The van der Waals surface area contributed by atoms with E-state index in [0.717, 1.165) is 42.4 Å². The van der Waals surface area contributed by atoms with Crippen LogP contribution in [0.25, 0.3) is 0 Å². The predicted octanol–water partition coefficient (Wildman–Crippen LogP) is 2.51. The van der Waals surface area contributed by atoms with E-state index in [9.17, 15) is 0 Å². The number of nitrogens with one attached hydrogen (secondary N) is 1. The van der Waals surface area contributed by atoms with Gasteiger partial charge in [0.2, 0.25) is 0 Å². The largest absolute Gasteiger partial charge is 0.454 e. The molecule has 0 saturated carbocycles. The van der Waals surface area contributed by atoms with Crippen molar-refractivity contribution in [3.8, 4) is 11.5 Å². The first-order valence-corrected chi connectivity index (χ1v) is 6.59. The molecule has 0 aromatic carbocycles. The third kappa shape index (κ3) is 3.54. The summed E-state index contributed by atoms with van der Waals surface area (Å²) in [7, 11) is 0. The molecule has 102 valence electrons. The topological polar surface area (TPSA) is 52.0 Å². The Balaban J connectivity index is 2.19. The molecule has 5 heteroatoms. The van der Waals surface area contributed by atoms with Gasteiger partial charge in [-0.15, -0.1) is 0 Å². The van der Waals surface area contributed by atoms with Gasteiger partial charge in [0.1, 0.15) is 5.75 Å². The summed E-state index contributed by atoms with van der Waals surface area (Å²) < 4.78 is 7.75. The summed E-state index contributed by atoms with van der Waals surface area (Å²) in [6.45, 7) is 8.59. The Morgan fingerprint density at radius 2 is 2.16 bits per heavy atom. The minimum Gasteiger partial charge on any atom is -0.454 e. The molecule has 0 atom stereocenters. The Morgan fingerprint density at radius 3 is 2.84 bits per heavy atom. The lowest BCUT2D eigenvalue weighted by Gasteiger charge is -2.10. The molecule has 0 aliphatic carbocycles. The predicted molar refractivity (Wildman–Crippen MR) is 74.3 cm³/mol. The van der Waals surface area contributed by atoms with Crippen LogP contribution in [0.2, 0.25) is 0 Å². The highest BCUT2D eigenvalue weighted by Gasteiger charge is 2.07. The number of hydrogen-bond acceptors (Lipinski definition) is 4. The monoisotopic (exact) mass is 260 g/mol. The van der Waals surface area contributed by atoms with Crippen LogP contribution in [0, 0.1) is 6.92 Å². The van der Waals surface area contributed by atoms with Gasteiger partial charge in [0.25, 0.3) is 0 Å². The lowest BCUT2D eigenvalue weighted by Crippen LogP contribution is -2.12. The van der Waals surface area contributed by atoms with Crippen molar-refractivity contribution in [1.82, 2.24) is 20.1 Å². The van der Waals surface area contributed by atoms with Crippen LogP contribution >= 0.6 is 0 Å². The minimum absolute atomic E-state index is 0.751. The average Bonchev–Trinajstić information content (AvgIpc) is 2.85. The highest BCUT2D eigenvalue weighted by Crippen LogP contribution is 2.25. The molecule has 0 spiro atoms. The van der Waals surface area contributed by atoms with Gasteiger partial charge >= 0.3 is 0 Å². The summed E-state index contributed by atoms with van der Waals surface area (Å²) in [5, 5.41) is 7.49. The van der Waals surface area contributed by atoms with E-state index in [1.165, 1.54) is 0 Å². The molecule has 0 fully saturated rings. The van der Waals surface area contributed by atoms with Gasteiger partial charge in [-0.25, -0.2) is 0 Å². The Hall–Kier alpha value is -1.88. The molecule has 2 heterocycles. The lowest BCUT2D eigenvalue weighted by molar-refractivity contribution is 0.470. The molecule has 0 radical (unpaired) electrons. The smallest absolute Gasteiger partial charge is 0.165 e. The number of hydrogen-bond donors (Lipinski definition) is 1. The summed E-state index contributed by atoms with van der Waals surface area (Å²) in [6.07, 6.45) is 5.49. The molecule has 1 N–H and O–H groups in total. The number of ether oxygens (including phenoxy) is 1. The first-order valence-electron chi connectivity index (χ1n) is 6.59. The molecule has 5 nitrogen and oxygen atoms in total. The Kier molecular flexibility index (Phi) is 4.52. The van der Waals surface area contributed by atoms with Crippen LogP contribution in [-0.4, -0.2) is 21.3 Å². The fraction of sp³-hybridized carbons (Fsp3) is 0.429. The molecule has 2 rings (SSSR count). The number of pyridine rings is 1. The van der Waals surface area contributed by atoms with Crippen LogP contribution in [0.5, 0.6) is 11.5 Å². The molecule has 2 aromatic heterocycles. The Bertz CT molecular complexity index is 536. The maximum absolute atomic E-state index is 5.91. The van der Waals surface area contributed by atoms with E-state index < -0.39 is 0 Å². The van der Waals surface area contributed by atoms with E-state index in [1.54, 1.807) is 6.20 Å². The molecule has 0 bridgehead atoms. The molecule has 19 heavy (non-hydrogen) atoms. The number of rotatable bonds is 6. The van der Waals surface area contributed by atoms with E-state index in [0.29, 0.717) is 0 Å². The number of aromatic nitrogens is 3. The molecule has 2 aromatic rings. The molecular weight excluding hydrogens is 240 g/mol. The van der Waals surface area contributed by atoms with Crippen molar-refractivity contribution in [2.45, 2.75) is 33.9 Å². The lowest BCUT2D eigenvalue weighted by atomic mass is 10.2. The molecule has 0 aliphatic heterocycles. The van der Waals surface area contributed by atoms with Crippen LogP contribution < -0.4 is 10.1 Å². The summed E-state index contributed by atoms with van der Waals surface area (Å²) in [4.78, 5) is 4.31. The Labute approximate surface area is 113 Å². The highest BCUT2D eigenvalue weighted by atomic mass is 16.5. The SMILES string of the molecule is CCNCc1cnc(C)cc1Oc1cnn(CC)c1. The zero-order valence-electron chi connectivity index (χ0n) is 11.7. The zero-order valence-corrected chi connectivity index (χ0v) is 11.7. The first-order chi connectivity index (χ1) is 9.22. The second kappa shape index (κ2) is 6.33. The van der Waals surface area contributed by atoms with Crippen molar-refractivity contribution < 1.29 is 4.74 Å². The van der Waals surface area contributed by atoms with Crippen LogP contribution in [0.1, 0.15) is 25.1 Å². The fourth-order valence-electron chi connectivity index (χ4n) is 1.75. The third-order valence-corrected chi connectivity index (χ3v) is 2.81. The van der Waals surface area contributed by atoms with Crippen molar-refractivity contribution in [2.75, 3.05) is 6.54 Å². The summed E-state index contributed by atoms with van der Waals surface area (Å²) in [5.41, 5.74) is 2.00. The number of nitrogens with zero attached hydrogens (tertiary/aromatic N) is 3. The molecule has 0 saturated heterocycles. The highest BCUT2D eigenvalue weighted by molar-refractivity contribution is 5.36. The van der Waals surface area contributed by atoms with Crippen LogP contribution in [0.4, 0.5) is 0 Å². The van der Waals surface area contributed by atoms with Crippen molar-refractivity contribution in [3.05, 3.63) is 35.9 Å². The number of aryl methyl sites for hydroxylation is 2. The molecule has 0 amide bonds. The van der Waals surface area contributed by atoms with Gasteiger partial charge in [-0.1, -0.05) is 6.92 Å². The first kappa shape index (κ1) is 13.5. The van der Waals surface area contributed by atoms with Gasteiger partial charge in [-0.05, 0) is 20.4 Å². The van der Waals surface area contributed by atoms with Crippen LogP contribution in [-0.2, 0) is 13.1 Å². The Morgan fingerprint density at radius 1 is 1.32 bits per heavy atom. The maximum atomic E-state index is 5.91. The molecule has 0 aliphatic rings. The van der Waals surface area contributed by atoms with Gasteiger partial charge in [-0.3, -0.25) is 9.67 Å². The quantitative estimate of drug-likeness (QED) is 0.867. The van der Waals surface area contributed by atoms with Crippen molar-refractivity contribution >= 4 is 0 Å². The second-order valence-electron chi connectivity index (χ2n) is 4.35. The normalized spacial score (nSPS) is 10.7. The average molecular weight is 260 g/mol. The van der Waals surface area contributed by atoms with E-state index in [4.69, 9.17) is 4.74 Å². The van der Waals surface area contributed by atoms with E-state index >= 15 is 0 Å². The van der Waals surface area contributed by atoms with Gasteiger partial charge < -0.3 is 10.1 Å². The van der Waals surface area contributed by atoms with Gasteiger partial charge in [0.05, 0.1) is 12.4 Å². The third-order valence-electron chi connectivity index (χ3n) is 2.81. The van der Waals surface area contributed by atoms with Crippen LogP contribution in [0.3, 0.4) is 0 Å². The standard InChI is InChI=1S/C14H20N4O/c1-4-15-7-12-8-16-11(3)6-14(12)19-13-9-17-18(5-2)10-13/h6,8-10,15H,4-5,7H2,1-3H3. The summed E-state index contributed by atoms with van der Waals surface area (Å²) in [5.74, 6) is 1.59. The van der Waals surface area contributed by atoms with E-state index in [2.05, 4.69) is 22.3 Å². The van der Waals surface area contributed by atoms with Gasteiger partial charge in [0, 0.05) is 36.6 Å². The van der Waals surface area contributed by atoms with Gasteiger partial charge in [-0.2, -0.15) is 5.10 Å². The fourth-order valence-corrected chi connectivity index (χ4v) is 1.75. The van der Waals surface area contributed by atoms with Crippen molar-refractivity contribution in [1.29, 1.82) is 0 Å². The van der Waals surface area contributed by atoms with Crippen molar-refractivity contribution in [2.24, 2.45) is 0 Å². The minimum atomic E-state index is 0.751. The molecule has 0 unspecified atom stereocenters. The van der Waals surface area contributed by atoms with Gasteiger partial charge in [0.15, 0.2) is 5.75 Å². The maximum Gasteiger partial charge on any atom is 0.165 e. The summed E-state index contributed by atoms with van der Waals surface area (Å²) >= 11 is 0. The summed E-state index contributed by atoms with van der Waals surface area (Å²) in [6, 6.07) is 1.95. The van der Waals surface area contributed by atoms with E-state index in [-0.39, 0.29) is 0 Å². The second-order valence-corrected chi connectivity index (χ2v) is 4.35. The molecular formula is C14H20N4O. The van der Waals surface area contributed by atoms with Crippen LogP contribution in [0.15, 0.2) is 24.7 Å². The van der Waals surface area contributed by atoms with E-state index in [1.807, 2.05) is 37.0 Å².